The molecule has 198 valence electrons. The van der Waals surface area contributed by atoms with Gasteiger partial charge in [-0.3, -0.25) is 4.79 Å². The summed E-state index contributed by atoms with van der Waals surface area (Å²) < 4.78 is 3.05. The van der Waals surface area contributed by atoms with E-state index in [1.165, 1.54) is 23.1 Å². The van der Waals surface area contributed by atoms with Crippen LogP contribution in [-0.4, -0.2) is 36.4 Å². The molecule has 0 saturated carbocycles. The van der Waals surface area contributed by atoms with E-state index in [4.69, 9.17) is 4.98 Å². The number of fused-ring (bicyclic) bond motifs is 1. The summed E-state index contributed by atoms with van der Waals surface area (Å²) in [6, 6.07) is 28.2. The second kappa shape index (κ2) is 11.7. The minimum Gasteiger partial charge on any atom is -0.302 e. The maximum absolute atomic E-state index is 12.8. The number of benzene rings is 3. The van der Waals surface area contributed by atoms with Crippen molar-refractivity contribution < 1.29 is 4.79 Å². The quantitative estimate of drug-likeness (QED) is 0.173. The van der Waals surface area contributed by atoms with Gasteiger partial charge in [0.05, 0.1) is 22.7 Å². The Morgan fingerprint density at radius 2 is 1.68 bits per heavy atom. The number of nitrogens with one attached hydrogen (secondary N) is 1. The summed E-state index contributed by atoms with van der Waals surface area (Å²) in [5.74, 6) is 0.799. The summed E-state index contributed by atoms with van der Waals surface area (Å²) in [5, 5.41) is 16.1. The number of carbonyl (C=O) groups is 1. The normalized spacial score (nSPS) is 11.2. The summed E-state index contributed by atoms with van der Waals surface area (Å²) in [6.07, 6.45) is 0. The lowest BCUT2D eigenvalue weighted by Gasteiger charge is -2.11. The van der Waals surface area contributed by atoms with Crippen LogP contribution in [0.15, 0.2) is 99.9 Å². The molecule has 0 saturated heterocycles. The highest BCUT2D eigenvalue weighted by Gasteiger charge is 2.19. The number of rotatable bonds is 8. The van der Waals surface area contributed by atoms with Crippen molar-refractivity contribution >= 4 is 61.0 Å². The number of thioether (sulfide) groups is 1. The Bertz CT molecular complexity index is 1800. The number of nitrogens with zero attached hydrogens (tertiary/aromatic N) is 5. The molecule has 0 radical (unpaired) electrons. The van der Waals surface area contributed by atoms with Gasteiger partial charge in [-0.05, 0) is 31.2 Å². The number of pyridine rings is 1. The molecular formula is C30H23BrN6OS2. The largest absolute Gasteiger partial charge is 0.302 e. The van der Waals surface area contributed by atoms with Crippen LogP contribution in [0.2, 0.25) is 0 Å². The highest BCUT2D eigenvalue weighted by molar-refractivity contribution is 9.10. The Kier molecular flexibility index (Phi) is 7.72. The molecule has 0 fully saturated rings. The molecule has 3 heterocycles. The van der Waals surface area contributed by atoms with E-state index in [1.54, 1.807) is 0 Å². The van der Waals surface area contributed by atoms with Crippen molar-refractivity contribution in [2.24, 2.45) is 0 Å². The van der Waals surface area contributed by atoms with Crippen LogP contribution in [0.5, 0.6) is 0 Å². The minimum absolute atomic E-state index is 0.144. The Balaban J connectivity index is 1.22. The van der Waals surface area contributed by atoms with Gasteiger partial charge < -0.3 is 9.88 Å². The molecule has 0 atom stereocenters. The third kappa shape index (κ3) is 5.56. The van der Waals surface area contributed by atoms with Gasteiger partial charge in [0, 0.05) is 38.5 Å². The van der Waals surface area contributed by atoms with Crippen molar-refractivity contribution in [3.05, 3.63) is 94.8 Å². The monoisotopic (exact) mass is 626 g/mol. The molecule has 1 N–H and O–H groups in total. The molecule has 0 bridgehead atoms. The molecule has 3 aromatic heterocycles. The fraction of sp³-hybridized carbons (Fsp3) is 0.100. The molecule has 0 unspecified atom stereocenters. The predicted octanol–water partition coefficient (Wildman–Crippen LogP) is 7.80. The first kappa shape index (κ1) is 26.4. The van der Waals surface area contributed by atoms with Crippen molar-refractivity contribution in [1.29, 1.82) is 0 Å². The lowest BCUT2D eigenvalue weighted by Crippen LogP contribution is -2.14. The third-order valence-corrected chi connectivity index (χ3v) is 8.54. The van der Waals surface area contributed by atoms with Gasteiger partial charge in [0.2, 0.25) is 5.91 Å². The summed E-state index contributed by atoms with van der Waals surface area (Å²) in [7, 11) is 0. The van der Waals surface area contributed by atoms with E-state index in [2.05, 4.69) is 67.6 Å². The highest BCUT2D eigenvalue weighted by Crippen LogP contribution is 2.33. The zero-order valence-electron chi connectivity index (χ0n) is 21.4. The minimum atomic E-state index is -0.144. The first-order valence-corrected chi connectivity index (χ1v) is 15.3. The number of anilines is 1. The van der Waals surface area contributed by atoms with Gasteiger partial charge in [0.15, 0.2) is 16.1 Å². The standard InChI is InChI=1S/C30H23BrN6OS2/c1-2-37-28(23-16-25(19-8-4-3-5-9-19)32-24-11-7-6-10-22(23)24)35-36-30(37)40-18-27(38)34-29-33-26(17-39-29)20-12-14-21(31)15-13-20/h3-17H,2,18H2,1H3,(H,33,34,38). The van der Waals surface area contributed by atoms with E-state index in [1.807, 2.05) is 70.6 Å². The van der Waals surface area contributed by atoms with Crippen molar-refractivity contribution in [2.75, 3.05) is 11.1 Å². The molecule has 40 heavy (non-hydrogen) atoms. The average molecular weight is 628 g/mol. The molecule has 0 aliphatic rings. The Morgan fingerprint density at radius 1 is 0.925 bits per heavy atom. The van der Waals surface area contributed by atoms with E-state index in [0.717, 1.165) is 49.3 Å². The van der Waals surface area contributed by atoms with Gasteiger partial charge in [0.25, 0.3) is 0 Å². The number of hydrogen-bond donors (Lipinski definition) is 1. The molecule has 6 rings (SSSR count). The fourth-order valence-corrected chi connectivity index (χ4v) is 6.17. The molecule has 0 aliphatic carbocycles. The first-order chi connectivity index (χ1) is 19.6. The Hall–Kier alpha value is -3.86. The third-order valence-electron chi connectivity index (χ3n) is 6.28. The zero-order valence-corrected chi connectivity index (χ0v) is 24.6. The van der Waals surface area contributed by atoms with Crippen LogP contribution in [0.4, 0.5) is 5.13 Å². The summed E-state index contributed by atoms with van der Waals surface area (Å²) in [5.41, 5.74) is 5.59. The zero-order chi connectivity index (χ0) is 27.5. The molecular weight excluding hydrogens is 604 g/mol. The topological polar surface area (TPSA) is 85.6 Å². The molecule has 1 amide bonds. The van der Waals surface area contributed by atoms with Crippen molar-refractivity contribution in [2.45, 2.75) is 18.6 Å². The van der Waals surface area contributed by atoms with E-state index >= 15 is 0 Å². The maximum Gasteiger partial charge on any atom is 0.236 e. The molecule has 0 aliphatic heterocycles. The Labute approximate surface area is 247 Å². The molecule has 0 spiro atoms. The smallest absolute Gasteiger partial charge is 0.236 e. The Morgan fingerprint density at radius 3 is 2.48 bits per heavy atom. The van der Waals surface area contributed by atoms with E-state index in [9.17, 15) is 4.79 Å². The lowest BCUT2D eigenvalue weighted by atomic mass is 10.0. The van der Waals surface area contributed by atoms with Crippen LogP contribution in [0, 0.1) is 0 Å². The van der Waals surface area contributed by atoms with Crippen LogP contribution in [0.3, 0.4) is 0 Å². The van der Waals surface area contributed by atoms with Crippen LogP contribution >= 0.6 is 39.0 Å². The van der Waals surface area contributed by atoms with E-state index in [0.29, 0.717) is 16.8 Å². The number of amides is 1. The highest BCUT2D eigenvalue weighted by atomic mass is 79.9. The van der Waals surface area contributed by atoms with Crippen LogP contribution < -0.4 is 5.32 Å². The average Bonchev–Trinajstić information content (AvgIpc) is 3.63. The van der Waals surface area contributed by atoms with Crippen molar-refractivity contribution in [1.82, 2.24) is 24.7 Å². The van der Waals surface area contributed by atoms with E-state index < -0.39 is 0 Å². The van der Waals surface area contributed by atoms with Gasteiger partial charge in [-0.1, -0.05) is 88.4 Å². The molecule has 6 aromatic rings. The molecule has 3 aromatic carbocycles. The molecule has 10 heteroatoms. The number of para-hydroxylation sites is 1. The number of thiazole rings is 1. The first-order valence-electron chi connectivity index (χ1n) is 12.6. The van der Waals surface area contributed by atoms with Crippen molar-refractivity contribution in [3.8, 4) is 33.9 Å². The van der Waals surface area contributed by atoms with Gasteiger partial charge in [-0.25, -0.2) is 9.97 Å². The van der Waals surface area contributed by atoms with Gasteiger partial charge in [-0.15, -0.1) is 21.5 Å². The fourth-order valence-electron chi connectivity index (χ4n) is 4.37. The van der Waals surface area contributed by atoms with Gasteiger partial charge in [-0.2, -0.15) is 0 Å². The van der Waals surface area contributed by atoms with Crippen LogP contribution in [0.25, 0.3) is 44.8 Å². The van der Waals surface area contributed by atoms with Crippen LogP contribution in [-0.2, 0) is 11.3 Å². The number of hydrogen-bond acceptors (Lipinski definition) is 7. The molecule has 7 nitrogen and oxygen atoms in total. The van der Waals surface area contributed by atoms with Gasteiger partial charge >= 0.3 is 0 Å². The second-order valence-electron chi connectivity index (χ2n) is 8.87. The predicted molar refractivity (Wildman–Crippen MR) is 166 cm³/mol. The number of halogens is 1. The second-order valence-corrected chi connectivity index (χ2v) is 11.6. The SMILES string of the molecule is CCn1c(SCC(=O)Nc2nc(-c3ccc(Br)cc3)cs2)nnc1-c1cc(-c2ccccc2)nc2ccccc12. The summed E-state index contributed by atoms with van der Waals surface area (Å²) in [4.78, 5) is 22.3. The van der Waals surface area contributed by atoms with Crippen LogP contribution in [0.1, 0.15) is 6.92 Å². The maximum atomic E-state index is 12.8. The van der Waals surface area contributed by atoms with Gasteiger partial charge in [0.1, 0.15) is 0 Å². The van der Waals surface area contributed by atoms with Crippen molar-refractivity contribution in [3.63, 3.8) is 0 Å². The number of carbonyl (C=O) groups excluding carboxylic acids is 1. The number of aromatic nitrogens is 5. The lowest BCUT2D eigenvalue weighted by molar-refractivity contribution is -0.113. The van der Waals surface area contributed by atoms with E-state index in [-0.39, 0.29) is 11.7 Å². The summed E-state index contributed by atoms with van der Waals surface area (Å²) in [6.45, 7) is 2.71. The summed E-state index contributed by atoms with van der Waals surface area (Å²) >= 11 is 6.21.